The summed E-state index contributed by atoms with van der Waals surface area (Å²) in [7, 11) is 0. The summed E-state index contributed by atoms with van der Waals surface area (Å²) in [5.41, 5.74) is 3.23. The Morgan fingerprint density at radius 1 is 1.17 bits per heavy atom. The van der Waals surface area contributed by atoms with Gasteiger partial charge in [-0.15, -0.1) is 0 Å². The van der Waals surface area contributed by atoms with Crippen LogP contribution in [0.2, 0.25) is 10.0 Å². The number of hydrogen-bond acceptors (Lipinski definition) is 3. The van der Waals surface area contributed by atoms with Crippen molar-refractivity contribution >= 4 is 46.1 Å². The van der Waals surface area contributed by atoms with Gasteiger partial charge in [-0.25, -0.2) is 0 Å². The van der Waals surface area contributed by atoms with Crippen LogP contribution in [-0.4, -0.2) is 41.1 Å². The molecule has 1 saturated heterocycles. The molecule has 1 aromatic carbocycles. The summed E-state index contributed by atoms with van der Waals surface area (Å²) in [6.07, 6.45) is 2.56. The van der Waals surface area contributed by atoms with E-state index in [1.54, 1.807) is 0 Å². The van der Waals surface area contributed by atoms with Gasteiger partial charge in [-0.05, 0) is 36.8 Å². The average molecular weight is 380 g/mol. The van der Waals surface area contributed by atoms with E-state index < -0.39 is 0 Å². The lowest BCUT2D eigenvalue weighted by atomic mass is 10.2. The molecular formula is C18H19Cl2N3S. The Morgan fingerprint density at radius 2 is 1.92 bits per heavy atom. The largest absolute Gasteiger partial charge is 0.367 e. The molecule has 0 unspecified atom stereocenters. The van der Waals surface area contributed by atoms with Crippen LogP contribution in [0.25, 0.3) is 0 Å². The van der Waals surface area contributed by atoms with Gasteiger partial charge in [0, 0.05) is 44.5 Å². The Hall–Kier alpha value is -1.36. The highest BCUT2D eigenvalue weighted by Crippen LogP contribution is 2.32. The second kappa shape index (κ2) is 7.68. The van der Waals surface area contributed by atoms with Gasteiger partial charge in [-0.1, -0.05) is 41.5 Å². The first-order valence-corrected chi connectivity index (χ1v) is 9.09. The van der Waals surface area contributed by atoms with Gasteiger partial charge in [0.2, 0.25) is 0 Å². The molecule has 126 valence electrons. The van der Waals surface area contributed by atoms with Crippen LogP contribution in [0.1, 0.15) is 11.3 Å². The van der Waals surface area contributed by atoms with Crippen LogP contribution < -0.4 is 4.90 Å². The molecule has 0 radical (unpaired) electrons. The van der Waals surface area contributed by atoms with Gasteiger partial charge in [-0.2, -0.15) is 0 Å². The molecule has 0 N–H and O–H groups in total. The molecule has 0 bridgehead atoms. The molecule has 3 rings (SSSR count). The van der Waals surface area contributed by atoms with Crippen LogP contribution in [0.15, 0.2) is 36.5 Å². The van der Waals surface area contributed by atoms with Crippen LogP contribution >= 0.6 is 35.4 Å². The Kier molecular flexibility index (Phi) is 5.59. The topological polar surface area (TPSA) is 19.4 Å². The van der Waals surface area contributed by atoms with Crippen LogP contribution in [0, 0.1) is 6.92 Å². The summed E-state index contributed by atoms with van der Waals surface area (Å²) in [5.74, 6) is 0. The van der Waals surface area contributed by atoms with Crippen LogP contribution in [0.5, 0.6) is 0 Å². The fraction of sp³-hybridized carbons (Fsp3) is 0.333. The average Bonchev–Trinajstić information content (AvgIpc) is 2.57. The highest BCUT2D eigenvalue weighted by molar-refractivity contribution is 7.80. The van der Waals surface area contributed by atoms with E-state index in [0.29, 0.717) is 10.0 Å². The first-order chi connectivity index (χ1) is 11.5. The Balaban J connectivity index is 1.60. The van der Waals surface area contributed by atoms with Crippen LogP contribution in [-0.2, 0) is 6.42 Å². The number of rotatable bonds is 3. The number of aryl methyl sites for hydroxylation is 1. The lowest BCUT2D eigenvalue weighted by Gasteiger charge is -2.37. The molecule has 0 saturated carbocycles. The second-order valence-corrected chi connectivity index (χ2v) is 7.20. The SMILES string of the molecule is Cc1ccnc(CC(=S)N2CCN(c3cccc(Cl)c3Cl)CC2)c1. The van der Waals surface area contributed by atoms with E-state index >= 15 is 0 Å². The van der Waals surface area contributed by atoms with E-state index in [2.05, 4.69) is 27.8 Å². The van der Waals surface area contributed by atoms with Crippen molar-refractivity contribution in [3.05, 3.63) is 57.8 Å². The molecule has 0 amide bonds. The molecule has 0 aliphatic carbocycles. The van der Waals surface area contributed by atoms with Crippen molar-refractivity contribution in [3.63, 3.8) is 0 Å². The first-order valence-electron chi connectivity index (χ1n) is 7.93. The van der Waals surface area contributed by atoms with Crippen molar-refractivity contribution in [1.29, 1.82) is 0 Å². The number of hydrogen-bond donors (Lipinski definition) is 0. The lowest BCUT2D eigenvalue weighted by Crippen LogP contribution is -2.48. The summed E-state index contributed by atoms with van der Waals surface area (Å²) in [4.78, 5) is 9.87. The van der Waals surface area contributed by atoms with Crippen LogP contribution in [0.4, 0.5) is 5.69 Å². The maximum Gasteiger partial charge on any atom is 0.0840 e. The zero-order chi connectivity index (χ0) is 17.1. The Bertz CT molecular complexity index is 743. The minimum atomic E-state index is 0.595. The highest BCUT2D eigenvalue weighted by Gasteiger charge is 2.21. The minimum Gasteiger partial charge on any atom is -0.367 e. The fourth-order valence-corrected chi connectivity index (χ4v) is 3.64. The number of halogens is 2. The zero-order valence-electron chi connectivity index (χ0n) is 13.5. The van der Waals surface area contributed by atoms with E-state index in [4.69, 9.17) is 35.4 Å². The van der Waals surface area contributed by atoms with E-state index in [1.165, 1.54) is 5.56 Å². The fourth-order valence-electron chi connectivity index (χ4n) is 2.90. The summed E-state index contributed by atoms with van der Waals surface area (Å²) >= 11 is 18.1. The van der Waals surface area contributed by atoms with E-state index in [0.717, 1.165) is 49.0 Å². The normalized spacial score (nSPS) is 14.8. The van der Waals surface area contributed by atoms with E-state index in [1.807, 2.05) is 30.5 Å². The predicted molar refractivity (Wildman–Crippen MR) is 106 cm³/mol. The van der Waals surface area contributed by atoms with Crippen molar-refractivity contribution in [2.75, 3.05) is 31.1 Å². The van der Waals surface area contributed by atoms with E-state index in [9.17, 15) is 0 Å². The van der Waals surface area contributed by atoms with Gasteiger partial charge in [0.15, 0.2) is 0 Å². The molecule has 0 atom stereocenters. The number of thiocarbonyl (C=S) groups is 1. The molecular weight excluding hydrogens is 361 g/mol. The van der Waals surface area contributed by atoms with Gasteiger partial charge in [0.05, 0.1) is 20.7 Å². The maximum absolute atomic E-state index is 6.33. The van der Waals surface area contributed by atoms with Gasteiger partial charge in [-0.3, -0.25) is 4.98 Å². The monoisotopic (exact) mass is 379 g/mol. The molecule has 2 aromatic rings. The van der Waals surface area contributed by atoms with Gasteiger partial charge < -0.3 is 9.80 Å². The van der Waals surface area contributed by atoms with Crippen molar-refractivity contribution < 1.29 is 0 Å². The first kappa shape index (κ1) is 17.5. The van der Waals surface area contributed by atoms with Crippen molar-refractivity contribution in [2.45, 2.75) is 13.3 Å². The molecule has 1 fully saturated rings. The zero-order valence-corrected chi connectivity index (χ0v) is 15.8. The molecule has 6 heteroatoms. The summed E-state index contributed by atoms with van der Waals surface area (Å²) in [6.45, 7) is 5.59. The Labute approximate surface area is 158 Å². The summed E-state index contributed by atoms with van der Waals surface area (Å²) in [5, 5.41) is 1.22. The highest BCUT2D eigenvalue weighted by atomic mass is 35.5. The third-order valence-corrected chi connectivity index (χ3v) is 5.42. The van der Waals surface area contributed by atoms with Crippen molar-refractivity contribution in [1.82, 2.24) is 9.88 Å². The standard InChI is InChI=1S/C18H19Cl2N3S/c1-13-5-6-21-14(11-13)12-17(24)23-9-7-22(8-10-23)16-4-2-3-15(19)18(16)20/h2-6,11H,7-10,12H2,1H3. The maximum atomic E-state index is 6.33. The smallest absolute Gasteiger partial charge is 0.0840 e. The number of anilines is 1. The van der Waals surface area contributed by atoms with Crippen molar-refractivity contribution in [2.24, 2.45) is 0 Å². The number of aromatic nitrogens is 1. The number of benzene rings is 1. The molecule has 1 aliphatic rings. The number of piperazine rings is 1. The summed E-state index contributed by atoms with van der Waals surface area (Å²) < 4.78 is 0. The molecule has 2 heterocycles. The summed E-state index contributed by atoms with van der Waals surface area (Å²) in [6, 6.07) is 9.85. The molecule has 0 spiro atoms. The Morgan fingerprint density at radius 3 is 2.62 bits per heavy atom. The number of nitrogens with zero attached hydrogens (tertiary/aromatic N) is 3. The van der Waals surface area contributed by atoms with Gasteiger partial charge in [0.1, 0.15) is 0 Å². The molecule has 3 nitrogen and oxygen atoms in total. The van der Waals surface area contributed by atoms with E-state index in [-0.39, 0.29) is 0 Å². The predicted octanol–water partition coefficient (Wildman–Crippen LogP) is 4.39. The minimum absolute atomic E-state index is 0.595. The third-order valence-electron chi connectivity index (χ3n) is 4.21. The number of pyridine rings is 1. The third kappa shape index (κ3) is 4.00. The van der Waals surface area contributed by atoms with Gasteiger partial charge in [0.25, 0.3) is 0 Å². The van der Waals surface area contributed by atoms with Gasteiger partial charge >= 0.3 is 0 Å². The molecule has 1 aromatic heterocycles. The second-order valence-electron chi connectivity index (χ2n) is 5.94. The van der Waals surface area contributed by atoms with Crippen molar-refractivity contribution in [3.8, 4) is 0 Å². The molecule has 1 aliphatic heterocycles. The van der Waals surface area contributed by atoms with Crippen LogP contribution in [0.3, 0.4) is 0 Å². The quantitative estimate of drug-likeness (QED) is 0.736. The lowest BCUT2D eigenvalue weighted by molar-refractivity contribution is 0.387. The molecule has 24 heavy (non-hydrogen) atoms.